The van der Waals surface area contributed by atoms with Crippen molar-refractivity contribution < 1.29 is 28.3 Å². The number of aromatic nitrogens is 1. The van der Waals surface area contributed by atoms with E-state index in [1.165, 1.54) is 23.1 Å². The Bertz CT molecular complexity index is 1230. The van der Waals surface area contributed by atoms with E-state index in [0.29, 0.717) is 17.1 Å². The van der Waals surface area contributed by atoms with Crippen molar-refractivity contribution in [2.75, 3.05) is 11.5 Å². The number of carbonyl (C=O) groups is 2. The molecule has 1 aliphatic heterocycles. The van der Waals surface area contributed by atoms with Gasteiger partial charge in [-0.2, -0.15) is 0 Å². The van der Waals surface area contributed by atoms with E-state index in [2.05, 4.69) is 11.7 Å². The summed E-state index contributed by atoms with van der Waals surface area (Å²) in [4.78, 5) is 27.2. The van der Waals surface area contributed by atoms with E-state index >= 15 is 0 Å². The summed E-state index contributed by atoms with van der Waals surface area (Å²) in [5, 5.41) is 14.9. The van der Waals surface area contributed by atoms with Crippen molar-refractivity contribution in [3.05, 3.63) is 95.5 Å². The zero-order valence-corrected chi connectivity index (χ0v) is 17.1. The predicted octanol–water partition coefficient (Wildman–Crippen LogP) is 4.31. The summed E-state index contributed by atoms with van der Waals surface area (Å²) in [6.07, 6.45) is 1.59. The quantitative estimate of drug-likeness (QED) is 0.269. The smallest absolute Gasteiger partial charge is 0.301 e. The van der Waals surface area contributed by atoms with Crippen molar-refractivity contribution >= 4 is 23.3 Å². The lowest BCUT2D eigenvalue weighted by Gasteiger charge is -2.23. The number of ketones is 1. The van der Waals surface area contributed by atoms with E-state index in [1.807, 2.05) is 0 Å². The van der Waals surface area contributed by atoms with Crippen LogP contribution < -0.4 is 9.64 Å². The Morgan fingerprint density at radius 2 is 2.00 bits per heavy atom. The number of ether oxygens (including phenoxy) is 1. The Balaban J connectivity index is 1.90. The maximum absolute atomic E-state index is 13.4. The second kappa shape index (κ2) is 8.50. The van der Waals surface area contributed by atoms with Crippen LogP contribution in [0.3, 0.4) is 0 Å². The van der Waals surface area contributed by atoms with Crippen LogP contribution >= 0.6 is 0 Å². The minimum absolute atomic E-state index is 0.130. The topological polar surface area (TPSA) is 92.9 Å². The Hall–Kier alpha value is -4.20. The molecule has 2 aromatic carbocycles. The molecule has 1 atom stereocenters. The van der Waals surface area contributed by atoms with Gasteiger partial charge in [0.1, 0.15) is 29.7 Å². The maximum atomic E-state index is 13.4. The lowest BCUT2D eigenvalue weighted by atomic mass is 9.95. The third kappa shape index (κ3) is 3.78. The van der Waals surface area contributed by atoms with Crippen molar-refractivity contribution in [3.8, 4) is 5.75 Å². The van der Waals surface area contributed by atoms with Gasteiger partial charge in [-0.3, -0.25) is 14.5 Å². The number of halogens is 1. The number of benzene rings is 2. The summed E-state index contributed by atoms with van der Waals surface area (Å²) in [6.45, 7) is 5.54. The number of aliphatic hydroxyl groups is 1. The van der Waals surface area contributed by atoms with Crippen LogP contribution in [0.15, 0.2) is 77.3 Å². The summed E-state index contributed by atoms with van der Waals surface area (Å²) in [5.74, 6) is -1.62. The zero-order chi connectivity index (χ0) is 22.8. The standard InChI is InChI=1S/C24H19FN2O5/c1-3-11-31-18-6-4-5-16(13-18)21-20(22(28)15-7-9-17(25)10-8-15)23(29)24(30)27(21)19-12-14(2)32-26-19/h3-10,12-13,21,28H,1,11H2,2H3/b22-20+/t21-/m1/s1. The highest BCUT2D eigenvalue weighted by Gasteiger charge is 2.48. The molecule has 0 aliphatic carbocycles. The lowest BCUT2D eigenvalue weighted by molar-refractivity contribution is -0.132. The normalized spacial score (nSPS) is 17.6. The first kappa shape index (κ1) is 21.0. The molecule has 3 aromatic rings. The Morgan fingerprint density at radius 1 is 1.25 bits per heavy atom. The van der Waals surface area contributed by atoms with Crippen molar-refractivity contribution in [3.63, 3.8) is 0 Å². The molecular formula is C24H19FN2O5. The van der Waals surface area contributed by atoms with E-state index in [9.17, 15) is 19.1 Å². The molecule has 4 rings (SSSR count). The van der Waals surface area contributed by atoms with E-state index in [0.717, 1.165) is 12.1 Å². The lowest BCUT2D eigenvalue weighted by Crippen LogP contribution is -2.29. The van der Waals surface area contributed by atoms with Gasteiger partial charge in [-0.15, -0.1) is 0 Å². The van der Waals surface area contributed by atoms with Gasteiger partial charge in [0.15, 0.2) is 5.82 Å². The summed E-state index contributed by atoms with van der Waals surface area (Å²) in [6, 6.07) is 12.3. The second-order valence-corrected chi connectivity index (χ2v) is 7.14. The number of nitrogens with zero attached hydrogens (tertiary/aromatic N) is 2. The number of anilines is 1. The number of hydrogen-bond donors (Lipinski definition) is 1. The number of hydrogen-bond acceptors (Lipinski definition) is 6. The van der Waals surface area contributed by atoms with Crippen LogP contribution in [0.4, 0.5) is 10.2 Å². The van der Waals surface area contributed by atoms with E-state index in [4.69, 9.17) is 9.26 Å². The molecule has 7 nitrogen and oxygen atoms in total. The summed E-state index contributed by atoms with van der Waals surface area (Å²) in [5.41, 5.74) is 0.558. The fraction of sp³-hybridized carbons (Fsp3) is 0.125. The Morgan fingerprint density at radius 3 is 2.66 bits per heavy atom. The third-order valence-corrected chi connectivity index (χ3v) is 4.97. The highest BCUT2D eigenvalue weighted by atomic mass is 19.1. The van der Waals surface area contributed by atoms with Crippen LogP contribution in [0.2, 0.25) is 0 Å². The molecule has 8 heteroatoms. The molecule has 0 saturated carbocycles. The van der Waals surface area contributed by atoms with Gasteiger partial charge in [0.05, 0.1) is 11.6 Å². The summed E-state index contributed by atoms with van der Waals surface area (Å²) >= 11 is 0. The number of aryl methyl sites for hydroxylation is 1. The second-order valence-electron chi connectivity index (χ2n) is 7.14. The van der Waals surface area contributed by atoms with Crippen LogP contribution in [0.25, 0.3) is 5.76 Å². The molecular weight excluding hydrogens is 415 g/mol. The van der Waals surface area contributed by atoms with Gasteiger partial charge in [-0.1, -0.05) is 29.9 Å². The number of carbonyl (C=O) groups excluding carboxylic acids is 2. The number of rotatable bonds is 6. The molecule has 1 amide bonds. The number of aliphatic hydroxyl groups excluding tert-OH is 1. The summed E-state index contributed by atoms with van der Waals surface area (Å²) in [7, 11) is 0. The van der Waals surface area contributed by atoms with Crippen LogP contribution in [0.1, 0.15) is 22.9 Å². The molecule has 162 valence electrons. The molecule has 1 aromatic heterocycles. The van der Waals surface area contributed by atoms with Crippen molar-refractivity contribution in [1.29, 1.82) is 0 Å². The largest absolute Gasteiger partial charge is 0.507 e. The molecule has 32 heavy (non-hydrogen) atoms. The van der Waals surface area contributed by atoms with Crippen molar-refractivity contribution in [2.45, 2.75) is 13.0 Å². The summed E-state index contributed by atoms with van der Waals surface area (Å²) < 4.78 is 24.1. The molecule has 0 bridgehead atoms. The van der Waals surface area contributed by atoms with E-state index in [1.54, 1.807) is 37.3 Å². The van der Waals surface area contributed by atoms with E-state index in [-0.39, 0.29) is 23.6 Å². The molecule has 1 N–H and O–H groups in total. The van der Waals surface area contributed by atoms with Gasteiger partial charge in [-0.05, 0) is 48.9 Å². The molecule has 0 radical (unpaired) electrons. The monoisotopic (exact) mass is 434 g/mol. The highest BCUT2D eigenvalue weighted by Crippen LogP contribution is 2.42. The molecule has 1 saturated heterocycles. The predicted molar refractivity (Wildman–Crippen MR) is 115 cm³/mol. The van der Waals surface area contributed by atoms with Crippen LogP contribution in [-0.2, 0) is 9.59 Å². The highest BCUT2D eigenvalue weighted by molar-refractivity contribution is 6.51. The first-order valence-electron chi connectivity index (χ1n) is 9.74. The zero-order valence-electron chi connectivity index (χ0n) is 17.1. The van der Waals surface area contributed by atoms with Gasteiger partial charge in [0, 0.05) is 11.6 Å². The fourth-order valence-corrected chi connectivity index (χ4v) is 3.54. The minimum atomic E-state index is -1.00. The fourth-order valence-electron chi connectivity index (χ4n) is 3.54. The molecule has 0 unspecified atom stereocenters. The third-order valence-electron chi connectivity index (χ3n) is 4.97. The average Bonchev–Trinajstić information content (AvgIpc) is 3.33. The Kier molecular flexibility index (Phi) is 5.59. The molecule has 0 spiro atoms. The van der Waals surface area contributed by atoms with E-state index < -0.39 is 29.3 Å². The maximum Gasteiger partial charge on any atom is 0.301 e. The average molecular weight is 434 g/mol. The van der Waals surface area contributed by atoms with Crippen LogP contribution in [0.5, 0.6) is 5.75 Å². The first-order valence-corrected chi connectivity index (χ1v) is 9.74. The SMILES string of the molecule is C=CCOc1cccc([C@@H]2/C(=C(\O)c3ccc(F)cc3)C(=O)C(=O)N2c2cc(C)on2)c1. The van der Waals surface area contributed by atoms with Gasteiger partial charge in [0.25, 0.3) is 5.78 Å². The van der Waals surface area contributed by atoms with Gasteiger partial charge in [0.2, 0.25) is 0 Å². The number of Topliss-reactive ketones (excluding diaryl/α,β-unsaturated/α-hetero) is 1. The van der Waals surface area contributed by atoms with Gasteiger partial charge < -0.3 is 14.4 Å². The first-order chi connectivity index (χ1) is 15.4. The van der Waals surface area contributed by atoms with Gasteiger partial charge >= 0.3 is 5.91 Å². The molecule has 1 aliphatic rings. The molecule has 2 heterocycles. The Labute approximate surface area is 183 Å². The molecule has 1 fully saturated rings. The van der Waals surface area contributed by atoms with Crippen molar-refractivity contribution in [1.82, 2.24) is 5.16 Å². The van der Waals surface area contributed by atoms with Crippen LogP contribution in [0, 0.1) is 12.7 Å². The minimum Gasteiger partial charge on any atom is -0.507 e. The van der Waals surface area contributed by atoms with Crippen LogP contribution in [-0.4, -0.2) is 28.6 Å². The van der Waals surface area contributed by atoms with Gasteiger partial charge in [-0.25, -0.2) is 4.39 Å². The number of amides is 1. The van der Waals surface area contributed by atoms with Crippen molar-refractivity contribution in [2.24, 2.45) is 0 Å².